The first-order valence-electron chi connectivity index (χ1n) is 9.33. The molecule has 0 aliphatic carbocycles. The highest BCUT2D eigenvalue weighted by atomic mass is 16.5. The lowest BCUT2D eigenvalue weighted by Crippen LogP contribution is -2.42. The number of nitrogens with one attached hydrogen (secondary N) is 1. The van der Waals surface area contributed by atoms with Gasteiger partial charge in [-0.1, -0.05) is 19.1 Å². The molecule has 0 amide bonds. The van der Waals surface area contributed by atoms with Gasteiger partial charge in [0.15, 0.2) is 5.96 Å². The van der Waals surface area contributed by atoms with Crippen molar-refractivity contribution >= 4 is 5.96 Å². The third-order valence-electron chi connectivity index (χ3n) is 5.68. The van der Waals surface area contributed by atoms with E-state index in [0.717, 1.165) is 51.0 Å². The van der Waals surface area contributed by atoms with Crippen molar-refractivity contribution in [3.05, 3.63) is 29.8 Å². The van der Waals surface area contributed by atoms with Crippen LogP contribution in [-0.4, -0.2) is 57.9 Å². The number of guanidine groups is 1. The van der Waals surface area contributed by atoms with Crippen molar-refractivity contribution in [1.29, 1.82) is 0 Å². The van der Waals surface area contributed by atoms with Gasteiger partial charge in [-0.05, 0) is 42.9 Å². The molecular weight excluding hydrogens is 314 g/mol. The minimum absolute atomic E-state index is 0.369. The van der Waals surface area contributed by atoms with Crippen LogP contribution < -0.4 is 10.1 Å². The Morgan fingerprint density at radius 3 is 2.80 bits per heavy atom. The van der Waals surface area contributed by atoms with Crippen LogP contribution in [0, 0.1) is 5.41 Å². The van der Waals surface area contributed by atoms with Gasteiger partial charge in [-0.2, -0.15) is 0 Å². The summed E-state index contributed by atoms with van der Waals surface area (Å²) < 4.78 is 10.9. The lowest BCUT2D eigenvalue weighted by atomic mass is 9.87. The van der Waals surface area contributed by atoms with Crippen molar-refractivity contribution in [2.45, 2.75) is 32.1 Å². The molecule has 3 rings (SSSR count). The van der Waals surface area contributed by atoms with E-state index in [9.17, 15) is 0 Å². The van der Waals surface area contributed by atoms with Crippen molar-refractivity contribution in [3.8, 4) is 5.75 Å². The summed E-state index contributed by atoms with van der Waals surface area (Å²) in [6, 6.07) is 8.38. The summed E-state index contributed by atoms with van der Waals surface area (Å²) in [6.45, 7) is 7.18. The first-order valence-corrected chi connectivity index (χ1v) is 9.33. The summed E-state index contributed by atoms with van der Waals surface area (Å²) in [5, 5.41) is 3.55. The molecule has 5 heteroatoms. The van der Waals surface area contributed by atoms with Gasteiger partial charge in [0.2, 0.25) is 0 Å². The van der Waals surface area contributed by atoms with Crippen molar-refractivity contribution in [2.24, 2.45) is 10.4 Å². The quantitative estimate of drug-likeness (QED) is 0.658. The van der Waals surface area contributed by atoms with Crippen molar-refractivity contribution < 1.29 is 9.47 Å². The Morgan fingerprint density at radius 2 is 2.16 bits per heavy atom. The number of hydrogen-bond donors (Lipinski definition) is 1. The molecule has 0 aromatic heterocycles. The molecule has 1 N–H and O–H groups in total. The number of methoxy groups -OCH3 is 1. The maximum Gasteiger partial charge on any atom is 0.193 e. The second-order valence-electron chi connectivity index (χ2n) is 7.41. The number of hydrogen-bond acceptors (Lipinski definition) is 3. The van der Waals surface area contributed by atoms with Crippen molar-refractivity contribution in [2.75, 3.05) is 47.0 Å². The average Bonchev–Trinajstić information content (AvgIpc) is 3.29. The van der Waals surface area contributed by atoms with Crippen LogP contribution in [0.3, 0.4) is 0 Å². The third-order valence-corrected chi connectivity index (χ3v) is 5.68. The summed E-state index contributed by atoms with van der Waals surface area (Å²) in [4.78, 5) is 6.89. The number of aliphatic imine (C=N–C) groups is 1. The van der Waals surface area contributed by atoms with Crippen LogP contribution >= 0.6 is 0 Å². The van der Waals surface area contributed by atoms with Gasteiger partial charge in [0.1, 0.15) is 5.75 Å². The molecule has 2 unspecified atom stereocenters. The van der Waals surface area contributed by atoms with Crippen LogP contribution in [-0.2, 0) is 4.74 Å². The molecule has 1 aromatic carbocycles. The first kappa shape index (κ1) is 18.1. The van der Waals surface area contributed by atoms with E-state index < -0.39 is 0 Å². The van der Waals surface area contributed by atoms with Gasteiger partial charge < -0.3 is 19.7 Å². The van der Waals surface area contributed by atoms with Gasteiger partial charge in [-0.15, -0.1) is 0 Å². The zero-order valence-electron chi connectivity index (χ0n) is 15.8. The van der Waals surface area contributed by atoms with Crippen LogP contribution in [0.5, 0.6) is 5.75 Å². The minimum atomic E-state index is 0.369. The normalized spacial score (nSPS) is 24.8. The number of nitrogens with zero attached hydrogens (tertiary/aromatic N) is 2. The predicted molar refractivity (Wildman–Crippen MR) is 101 cm³/mol. The topological polar surface area (TPSA) is 46.1 Å². The van der Waals surface area contributed by atoms with E-state index in [1.54, 1.807) is 7.11 Å². The molecule has 5 nitrogen and oxygen atoms in total. The molecule has 2 heterocycles. The van der Waals surface area contributed by atoms with E-state index in [1.807, 2.05) is 19.2 Å². The van der Waals surface area contributed by atoms with Gasteiger partial charge in [0, 0.05) is 38.7 Å². The van der Waals surface area contributed by atoms with E-state index in [4.69, 9.17) is 9.47 Å². The van der Waals surface area contributed by atoms with Crippen LogP contribution in [0.4, 0.5) is 0 Å². The predicted octanol–water partition coefficient (Wildman–Crippen LogP) is 2.88. The Hall–Kier alpha value is -1.75. The molecule has 25 heavy (non-hydrogen) atoms. The largest absolute Gasteiger partial charge is 0.497 e. The molecule has 2 saturated heterocycles. The minimum Gasteiger partial charge on any atom is -0.497 e. The number of benzene rings is 1. The Kier molecular flexibility index (Phi) is 5.84. The summed E-state index contributed by atoms with van der Waals surface area (Å²) in [7, 11) is 3.58. The molecule has 138 valence electrons. The number of likely N-dealkylation sites (tertiary alicyclic amines) is 1. The van der Waals surface area contributed by atoms with Crippen LogP contribution in [0.2, 0.25) is 0 Å². The smallest absolute Gasteiger partial charge is 0.193 e. The summed E-state index contributed by atoms with van der Waals surface area (Å²) >= 11 is 0. The Bertz CT molecular complexity index is 579. The van der Waals surface area contributed by atoms with Gasteiger partial charge in [0.05, 0.1) is 13.7 Å². The molecule has 0 bridgehead atoms. The molecular formula is C20H31N3O2. The Morgan fingerprint density at radius 1 is 1.36 bits per heavy atom. The van der Waals surface area contributed by atoms with Gasteiger partial charge in [-0.25, -0.2) is 0 Å². The van der Waals surface area contributed by atoms with E-state index >= 15 is 0 Å². The molecule has 2 aliphatic heterocycles. The zero-order chi connectivity index (χ0) is 17.7. The standard InChI is InChI=1S/C20H31N3O2/c1-16(17-4-6-18(24-3)7-5-17)8-11-22-19(21-2)23-12-9-20(14-23)10-13-25-15-20/h4-7,16H,8-15H2,1-3H3,(H,21,22). The fraction of sp³-hybridized carbons (Fsp3) is 0.650. The summed E-state index contributed by atoms with van der Waals surface area (Å²) in [6.07, 6.45) is 3.48. The van der Waals surface area contributed by atoms with E-state index in [2.05, 4.69) is 34.3 Å². The van der Waals surface area contributed by atoms with E-state index in [1.165, 1.54) is 18.4 Å². The average molecular weight is 345 g/mol. The maximum atomic E-state index is 5.63. The van der Waals surface area contributed by atoms with E-state index in [0.29, 0.717) is 11.3 Å². The molecule has 0 radical (unpaired) electrons. The number of rotatable bonds is 5. The Labute approximate surface area is 151 Å². The van der Waals surface area contributed by atoms with Crippen molar-refractivity contribution in [3.63, 3.8) is 0 Å². The van der Waals surface area contributed by atoms with Gasteiger partial charge in [-0.3, -0.25) is 4.99 Å². The fourth-order valence-electron chi connectivity index (χ4n) is 3.92. The van der Waals surface area contributed by atoms with Gasteiger partial charge in [0.25, 0.3) is 0 Å². The molecule has 2 fully saturated rings. The van der Waals surface area contributed by atoms with Crippen LogP contribution in [0.15, 0.2) is 29.3 Å². The highest BCUT2D eigenvalue weighted by molar-refractivity contribution is 5.80. The van der Waals surface area contributed by atoms with Crippen molar-refractivity contribution in [1.82, 2.24) is 10.2 Å². The second-order valence-corrected chi connectivity index (χ2v) is 7.41. The Balaban J connectivity index is 1.46. The third kappa shape index (κ3) is 4.27. The molecule has 2 atom stereocenters. The van der Waals surface area contributed by atoms with Crippen LogP contribution in [0.25, 0.3) is 0 Å². The SMILES string of the molecule is CN=C(NCCC(C)c1ccc(OC)cc1)N1CCC2(CCOC2)C1. The molecule has 1 spiro atoms. The number of ether oxygens (including phenoxy) is 2. The lowest BCUT2D eigenvalue weighted by molar-refractivity contribution is 0.156. The fourth-order valence-corrected chi connectivity index (χ4v) is 3.92. The maximum absolute atomic E-state index is 5.63. The molecule has 2 aliphatic rings. The zero-order valence-corrected chi connectivity index (χ0v) is 15.8. The highest BCUT2D eigenvalue weighted by Crippen LogP contribution is 2.38. The van der Waals surface area contributed by atoms with E-state index in [-0.39, 0.29) is 0 Å². The lowest BCUT2D eigenvalue weighted by Gasteiger charge is -2.25. The monoisotopic (exact) mass is 345 g/mol. The second kappa shape index (κ2) is 8.09. The molecule has 1 aromatic rings. The highest BCUT2D eigenvalue weighted by Gasteiger charge is 2.42. The summed E-state index contributed by atoms with van der Waals surface area (Å²) in [5.74, 6) is 2.45. The summed E-state index contributed by atoms with van der Waals surface area (Å²) in [5.41, 5.74) is 1.72. The first-order chi connectivity index (χ1) is 12.2. The molecule has 0 saturated carbocycles. The van der Waals surface area contributed by atoms with Gasteiger partial charge >= 0.3 is 0 Å². The van der Waals surface area contributed by atoms with Crippen LogP contribution in [0.1, 0.15) is 37.7 Å².